The van der Waals surface area contributed by atoms with E-state index < -0.39 is 0 Å². The molecule has 0 saturated heterocycles. The predicted molar refractivity (Wildman–Crippen MR) is 76.0 cm³/mol. The van der Waals surface area contributed by atoms with Crippen molar-refractivity contribution in [3.63, 3.8) is 0 Å². The zero-order valence-electron chi connectivity index (χ0n) is 10.6. The van der Waals surface area contributed by atoms with Crippen LogP contribution in [0.25, 0.3) is 10.8 Å². The van der Waals surface area contributed by atoms with E-state index in [1.807, 2.05) is 30.3 Å². The first-order valence-electron chi connectivity index (χ1n) is 6.22. The predicted octanol–water partition coefficient (Wildman–Crippen LogP) is 1.97. The number of aromatic hydroxyl groups is 1. The van der Waals surface area contributed by atoms with E-state index in [0.717, 1.165) is 16.3 Å². The summed E-state index contributed by atoms with van der Waals surface area (Å²) in [5.41, 5.74) is 0.722. The quantitative estimate of drug-likeness (QED) is 0.616. The van der Waals surface area contributed by atoms with Gasteiger partial charge in [-0.15, -0.1) is 0 Å². The van der Waals surface area contributed by atoms with Gasteiger partial charge >= 0.3 is 0 Å². The lowest BCUT2D eigenvalue weighted by molar-refractivity contribution is 0.0978. The van der Waals surface area contributed by atoms with Crippen molar-refractivity contribution in [3.05, 3.63) is 42.0 Å². The molecule has 19 heavy (non-hydrogen) atoms. The van der Waals surface area contributed by atoms with Gasteiger partial charge in [-0.3, -0.25) is 4.99 Å². The van der Waals surface area contributed by atoms with E-state index in [1.165, 1.54) is 0 Å². The normalized spacial score (nSPS) is 11.4. The molecule has 4 nitrogen and oxygen atoms in total. The maximum Gasteiger partial charge on any atom is 0.124 e. The molecular weight excluding hydrogens is 242 g/mol. The number of aliphatic imine (C=N–C) groups is 1. The number of nitrogens with zero attached hydrogens (tertiary/aromatic N) is 1. The number of phenols is 1. The van der Waals surface area contributed by atoms with Gasteiger partial charge in [0.05, 0.1) is 26.4 Å². The number of benzene rings is 2. The number of fused-ring (bicyclic) bond motifs is 1. The Morgan fingerprint density at radius 2 is 1.95 bits per heavy atom. The lowest BCUT2D eigenvalue weighted by atomic mass is 10.0. The molecule has 0 fully saturated rings. The fourth-order valence-corrected chi connectivity index (χ4v) is 1.86. The Kier molecular flexibility index (Phi) is 4.89. The Hall–Kier alpha value is -1.91. The van der Waals surface area contributed by atoms with Crippen molar-refractivity contribution in [3.8, 4) is 5.75 Å². The molecule has 0 heterocycles. The van der Waals surface area contributed by atoms with Crippen molar-refractivity contribution in [2.75, 3.05) is 26.4 Å². The van der Waals surface area contributed by atoms with Gasteiger partial charge in [-0.05, 0) is 16.8 Å². The average molecular weight is 259 g/mol. The van der Waals surface area contributed by atoms with Crippen LogP contribution in [0.15, 0.2) is 41.4 Å². The summed E-state index contributed by atoms with van der Waals surface area (Å²) in [5.74, 6) is 0.221. The molecule has 0 amide bonds. The van der Waals surface area contributed by atoms with Crippen LogP contribution >= 0.6 is 0 Å². The third-order valence-corrected chi connectivity index (χ3v) is 2.77. The van der Waals surface area contributed by atoms with E-state index in [0.29, 0.717) is 19.8 Å². The van der Waals surface area contributed by atoms with Crippen LogP contribution in [-0.2, 0) is 4.74 Å². The summed E-state index contributed by atoms with van der Waals surface area (Å²) in [5, 5.41) is 20.5. The highest BCUT2D eigenvalue weighted by Crippen LogP contribution is 2.25. The molecule has 0 aromatic heterocycles. The van der Waals surface area contributed by atoms with Crippen molar-refractivity contribution in [1.29, 1.82) is 0 Å². The molecule has 2 N–H and O–H groups in total. The van der Waals surface area contributed by atoms with Gasteiger partial charge in [0.1, 0.15) is 5.75 Å². The molecule has 4 heteroatoms. The van der Waals surface area contributed by atoms with Gasteiger partial charge in [-0.25, -0.2) is 0 Å². The van der Waals surface area contributed by atoms with Crippen molar-refractivity contribution in [2.45, 2.75) is 0 Å². The third kappa shape index (κ3) is 3.53. The van der Waals surface area contributed by atoms with Gasteiger partial charge in [0, 0.05) is 11.8 Å². The SMILES string of the molecule is OCCOCCN=Cc1c(O)ccc2ccccc12. The van der Waals surface area contributed by atoms with Gasteiger partial charge in [-0.2, -0.15) is 0 Å². The molecule has 0 radical (unpaired) electrons. The van der Waals surface area contributed by atoms with Crippen molar-refractivity contribution in [2.24, 2.45) is 4.99 Å². The largest absolute Gasteiger partial charge is 0.507 e. The molecular formula is C15H17NO3. The van der Waals surface area contributed by atoms with Crippen LogP contribution in [0.2, 0.25) is 0 Å². The Morgan fingerprint density at radius 3 is 2.79 bits per heavy atom. The summed E-state index contributed by atoms with van der Waals surface area (Å²) in [6, 6.07) is 11.4. The van der Waals surface area contributed by atoms with Gasteiger partial charge in [-0.1, -0.05) is 30.3 Å². The summed E-state index contributed by atoms with van der Waals surface area (Å²) in [6.45, 7) is 1.31. The van der Waals surface area contributed by atoms with E-state index in [1.54, 1.807) is 12.3 Å². The van der Waals surface area contributed by atoms with Gasteiger partial charge in [0.25, 0.3) is 0 Å². The first-order chi connectivity index (χ1) is 9.33. The summed E-state index contributed by atoms with van der Waals surface area (Å²) in [7, 11) is 0. The minimum Gasteiger partial charge on any atom is -0.507 e. The smallest absolute Gasteiger partial charge is 0.124 e. The van der Waals surface area contributed by atoms with Gasteiger partial charge in [0.2, 0.25) is 0 Å². The minimum atomic E-state index is 0.0217. The summed E-state index contributed by atoms with van der Waals surface area (Å²) in [6.07, 6.45) is 1.67. The Balaban J connectivity index is 2.11. The second-order valence-corrected chi connectivity index (χ2v) is 4.09. The van der Waals surface area contributed by atoms with Crippen LogP contribution in [0.5, 0.6) is 5.75 Å². The van der Waals surface area contributed by atoms with E-state index in [9.17, 15) is 5.11 Å². The maximum absolute atomic E-state index is 9.89. The molecule has 0 aliphatic carbocycles. The van der Waals surface area contributed by atoms with Crippen LogP contribution in [0.1, 0.15) is 5.56 Å². The molecule has 0 unspecified atom stereocenters. The molecule has 2 rings (SSSR count). The third-order valence-electron chi connectivity index (χ3n) is 2.77. The highest BCUT2D eigenvalue weighted by molar-refractivity contribution is 6.02. The Morgan fingerprint density at radius 1 is 1.11 bits per heavy atom. The van der Waals surface area contributed by atoms with E-state index in [4.69, 9.17) is 9.84 Å². The highest BCUT2D eigenvalue weighted by atomic mass is 16.5. The maximum atomic E-state index is 9.89. The number of phenolic OH excluding ortho intramolecular Hbond substituents is 1. The molecule has 0 bridgehead atoms. The first-order valence-corrected chi connectivity index (χ1v) is 6.22. The highest BCUT2D eigenvalue weighted by Gasteiger charge is 2.03. The topological polar surface area (TPSA) is 62.0 Å². The molecule has 0 saturated carbocycles. The monoisotopic (exact) mass is 259 g/mol. The molecule has 100 valence electrons. The van der Waals surface area contributed by atoms with Crippen LogP contribution in [0, 0.1) is 0 Å². The summed E-state index contributed by atoms with van der Waals surface area (Å²) in [4.78, 5) is 4.23. The molecule has 0 atom stereocenters. The number of hydrogen-bond donors (Lipinski definition) is 2. The fourth-order valence-electron chi connectivity index (χ4n) is 1.86. The number of aliphatic hydroxyl groups excluding tert-OH is 1. The first kappa shape index (κ1) is 13.5. The Bertz CT molecular complexity index is 566. The second-order valence-electron chi connectivity index (χ2n) is 4.09. The van der Waals surface area contributed by atoms with Gasteiger partial charge < -0.3 is 14.9 Å². The number of rotatable bonds is 6. The molecule has 0 aliphatic heterocycles. The average Bonchev–Trinajstić information content (AvgIpc) is 2.44. The summed E-state index contributed by atoms with van der Waals surface area (Å²) < 4.78 is 5.11. The van der Waals surface area contributed by atoms with E-state index >= 15 is 0 Å². The second kappa shape index (κ2) is 6.87. The molecule has 0 spiro atoms. The van der Waals surface area contributed by atoms with E-state index in [2.05, 4.69) is 4.99 Å². The number of hydrogen-bond acceptors (Lipinski definition) is 4. The molecule has 0 aliphatic rings. The van der Waals surface area contributed by atoms with Crippen molar-refractivity contribution >= 4 is 17.0 Å². The summed E-state index contributed by atoms with van der Waals surface area (Å²) >= 11 is 0. The minimum absolute atomic E-state index is 0.0217. The molecule has 2 aromatic rings. The van der Waals surface area contributed by atoms with Crippen LogP contribution in [0.3, 0.4) is 0 Å². The number of ether oxygens (including phenoxy) is 1. The van der Waals surface area contributed by atoms with Gasteiger partial charge in [0.15, 0.2) is 0 Å². The van der Waals surface area contributed by atoms with Crippen LogP contribution < -0.4 is 0 Å². The standard InChI is InChI=1S/C15H17NO3/c17-8-10-19-9-7-16-11-14-13-4-2-1-3-12(13)5-6-15(14)18/h1-6,11,17-18H,7-10H2. The Labute approximate surface area is 112 Å². The van der Waals surface area contributed by atoms with Crippen molar-refractivity contribution in [1.82, 2.24) is 0 Å². The van der Waals surface area contributed by atoms with Crippen molar-refractivity contribution < 1.29 is 14.9 Å². The molecule has 2 aromatic carbocycles. The number of aliphatic hydroxyl groups is 1. The van der Waals surface area contributed by atoms with Crippen LogP contribution in [0.4, 0.5) is 0 Å². The van der Waals surface area contributed by atoms with Crippen LogP contribution in [-0.4, -0.2) is 42.8 Å². The lowest BCUT2D eigenvalue weighted by Gasteiger charge is -2.04. The van der Waals surface area contributed by atoms with E-state index in [-0.39, 0.29) is 12.4 Å². The zero-order chi connectivity index (χ0) is 13.5. The zero-order valence-corrected chi connectivity index (χ0v) is 10.6. The fraction of sp³-hybridized carbons (Fsp3) is 0.267. The lowest BCUT2D eigenvalue weighted by Crippen LogP contribution is -2.03.